The molecule has 138 valence electrons. The van der Waals surface area contributed by atoms with Gasteiger partial charge in [0.2, 0.25) is 0 Å². The van der Waals surface area contributed by atoms with Crippen LogP contribution in [0.3, 0.4) is 0 Å². The lowest BCUT2D eigenvalue weighted by atomic mass is 10.1. The van der Waals surface area contributed by atoms with Gasteiger partial charge in [0.05, 0.1) is 4.90 Å². The fourth-order valence-corrected chi connectivity index (χ4v) is 4.30. The monoisotopic (exact) mass is 399 g/mol. The number of fused-ring (bicyclic) bond motifs is 1. The Morgan fingerprint density at radius 1 is 1.07 bits per heavy atom. The summed E-state index contributed by atoms with van der Waals surface area (Å²) in [5.41, 5.74) is 3.72. The SMILES string of the molecule is Cc1cc(N2c3ccc(S(=O)(=O)Cl)cc3C[C@H]2C)nc(-c2ccccc2)n1. The number of nitrogens with zero attached hydrogens (tertiary/aromatic N) is 3. The van der Waals surface area contributed by atoms with Crippen molar-refractivity contribution in [3.63, 3.8) is 0 Å². The van der Waals surface area contributed by atoms with E-state index in [0.717, 1.165) is 34.7 Å². The number of hydrogen-bond donors (Lipinski definition) is 0. The number of rotatable bonds is 3. The highest BCUT2D eigenvalue weighted by Crippen LogP contribution is 2.39. The normalized spacial score (nSPS) is 16.4. The van der Waals surface area contributed by atoms with Gasteiger partial charge in [0.1, 0.15) is 5.82 Å². The molecule has 5 nitrogen and oxygen atoms in total. The number of aromatic nitrogens is 2. The van der Waals surface area contributed by atoms with Gasteiger partial charge >= 0.3 is 0 Å². The van der Waals surface area contributed by atoms with E-state index in [1.54, 1.807) is 18.2 Å². The molecule has 0 radical (unpaired) electrons. The van der Waals surface area contributed by atoms with E-state index in [1.165, 1.54) is 0 Å². The average Bonchev–Trinajstić information content (AvgIpc) is 2.96. The Kier molecular flexibility index (Phi) is 4.40. The Labute approximate surface area is 163 Å². The van der Waals surface area contributed by atoms with E-state index in [9.17, 15) is 8.42 Å². The number of aryl methyl sites for hydroxylation is 1. The van der Waals surface area contributed by atoms with Crippen LogP contribution in [-0.4, -0.2) is 24.4 Å². The van der Waals surface area contributed by atoms with Crippen molar-refractivity contribution in [2.45, 2.75) is 31.2 Å². The predicted octanol–water partition coefficient (Wildman–Crippen LogP) is 4.46. The molecule has 1 atom stereocenters. The molecule has 1 aliphatic heterocycles. The largest absolute Gasteiger partial charge is 0.323 e. The Balaban J connectivity index is 1.80. The number of halogens is 1. The summed E-state index contributed by atoms with van der Waals surface area (Å²) in [5.74, 6) is 1.47. The lowest BCUT2D eigenvalue weighted by molar-refractivity contribution is 0.609. The van der Waals surface area contributed by atoms with Crippen LogP contribution in [0.5, 0.6) is 0 Å². The standard InChI is InChI=1S/C20H18ClN3O2S/c1-13-10-19(23-20(22-13)15-6-4-3-5-7-15)24-14(2)11-16-12-17(27(21,25)26)8-9-18(16)24/h3-10,12,14H,11H2,1-2H3/t14-/m1/s1. The van der Waals surface area contributed by atoms with Crippen molar-refractivity contribution in [1.29, 1.82) is 0 Å². The van der Waals surface area contributed by atoms with Crippen molar-refractivity contribution in [3.05, 3.63) is 65.9 Å². The van der Waals surface area contributed by atoms with Gasteiger partial charge in [0.15, 0.2) is 5.82 Å². The first-order valence-corrected chi connectivity index (χ1v) is 10.9. The van der Waals surface area contributed by atoms with Gasteiger partial charge < -0.3 is 4.90 Å². The highest BCUT2D eigenvalue weighted by molar-refractivity contribution is 8.13. The zero-order chi connectivity index (χ0) is 19.2. The van der Waals surface area contributed by atoms with Crippen LogP contribution in [0.4, 0.5) is 11.5 Å². The van der Waals surface area contributed by atoms with Crippen molar-refractivity contribution >= 4 is 31.2 Å². The number of hydrogen-bond acceptors (Lipinski definition) is 5. The van der Waals surface area contributed by atoms with Gasteiger partial charge in [-0.2, -0.15) is 0 Å². The Morgan fingerprint density at radius 2 is 1.81 bits per heavy atom. The lowest BCUT2D eigenvalue weighted by Gasteiger charge is -2.24. The van der Waals surface area contributed by atoms with Gasteiger partial charge in [-0.05, 0) is 44.0 Å². The van der Waals surface area contributed by atoms with E-state index in [-0.39, 0.29) is 10.9 Å². The second-order valence-corrected chi connectivity index (χ2v) is 9.27. The Morgan fingerprint density at radius 3 is 2.52 bits per heavy atom. The molecule has 0 unspecified atom stereocenters. The fourth-order valence-electron chi connectivity index (χ4n) is 3.50. The molecule has 2 heterocycles. The van der Waals surface area contributed by atoms with E-state index in [2.05, 4.69) is 16.8 Å². The van der Waals surface area contributed by atoms with Gasteiger partial charge in [0.25, 0.3) is 9.05 Å². The van der Waals surface area contributed by atoms with Crippen LogP contribution in [0.1, 0.15) is 18.2 Å². The van der Waals surface area contributed by atoms with E-state index in [1.807, 2.05) is 43.3 Å². The molecule has 0 N–H and O–H groups in total. The van der Waals surface area contributed by atoms with Crippen LogP contribution in [0.15, 0.2) is 59.5 Å². The molecule has 3 aromatic rings. The van der Waals surface area contributed by atoms with Crippen molar-refractivity contribution in [1.82, 2.24) is 9.97 Å². The van der Waals surface area contributed by atoms with Gasteiger partial charge in [-0.3, -0.25) is 0 Å². The molecule has 4 rings (SSSR count). The van der Waals surface area contributed by atoms with Gasteiger partial charge in [-0.25, -0.2) is 18.4 Å². The highest BCUT2D eigenvalue weighted by atomic mass is 35.7. The summed E-state index contributed by atoms with van der Waals surface area (Å²) in [6.07, 6.45) is 0.722. The fraction of sp³-hybridized carbons (Fsp3) is 0.200. The molecular formula is C20H18ClN3O2S. The minimum Gasteiger partial charge on any atom is -0.323 e. The summed E-state index contributed by atoms with van der Waals surface area (Å²) in [7, 11) is 1.75. The summed E-state index contributed by atoms with van der Waals surface area (Å²) >= 11 is 0. The van der Waals surface area contributed by atoms with E-state index >= 15 is 0 Å². The van der Waals surface area contributed by atoms with E-state index in [4.69, 9.17) is 15.7 Å². The van der Waals surface area contributed by atoms with E-state index < -0.39 is 9.05 Å². The minimum absolute atomic E-state index is 0.126. The molecule has 27 heavy (non-hydrogen) atoms. The summed E-state index contributed by atoms with van der Waals surface area (Å²) < 4.78 is 23.3. The van der Waals surface area contributed by atoms with E-state index in [0.29, 0.717) is 5.82 Å². The molecule has 0 saturated carbocycles. The molecule has 0 amide bonds. The van der Waals surface area contributed by atoms with Gasteiger partial charge in [-0.15, -0.1) is 0 Å². The molecule has 0 bridgehead atoms. The quantitative estimate of drug-likeness (QED) is 0.608. The molecule has 0 aliphatic carbocycles. The maximum atomic E-state index is 11.6. The van der Waals surface area contributed by atoms with Crippen molar-refractivity contribution in [2.75, 3.05) is 4.90 Å². The molecule has 0 spiro atoms. The molecule has 2 aromatic carbocycles. The van der Waals surface area contributed by atoms with Crippen molar-refractivity contribution < 1.29 is 8.42 Å². The second-order valence-electron chi connectivity index (χ2n) is 6.71. The highest BCUT2D eigenvalue weighted by Gasteiger charge is 2.30. The Bertz CT molecular complexity index is 1120. The summed E-state index contributed by atoms with van der Waals surface area (Å²) in [5, 5.41) is 0. The van der Waals surface area contributed by atoms with Crippen LogP contribution in [-0.2, 0) is 15.5 Å². The smallest absolute Gasteiger partial charge is 0.261 e. The third kappa shape index (κ3) is 3.42. The molecular weight excluding hydrogens is 382 g/mol. The van der Waals surface area contributed by atoms with Gasteiger partial charge in [0, 0.05) is 39.7 Å². The zero-order valence-corrected chi connectivity index (χ0v) is 16.5. The predicted molar refractivity (Wildman–Crippen MR) is 107 cm³/mol. The first kappa shape index (κ1) is 17.9. The van der Waals surface area contributed by atoms with Crippen LogP contribution in [0.25, 0.3) is 11.4 Å². The molecule has 1 aromatic heterocycles. The lowest BCUT2D eigenvalue weighted by Crippen LogP contribution is -2.25. The number of anilines is 2. The van der Waals surface area contributed by atoms with Gasteiger partial charge in [-0.1, -0.05) is 30.3 Å². The molecule has 0 saturated heterocycles. The maximum Gasteiger partial charge on any atom is 0.261 e. The Hall–Kier alpha value is -2.44. The zero-order valence-electron chi connectivity index (χ0n) is 14.9. The first-order chi connectivity index (χ1) is 12.8. The number of benzene rings is 2. The third-order valence-electron chi connectivity index (χ3n) is 4.67. The third-order valence-corrected chi connectivity index (χ3v) is 6.02. The van der Waals surface area contributed by atoms with Crippen LogP contribution < -0.4 is 4.90 Å². The molecule has 1 aliphatic rings. The summed E-state index contributed by atoms with van der Waals surface area (Å²) in [4.78, 5) is 11.6. The second kappa shape index (κ2) is 6.62. The summed E-state index contributed by atoms with van der Waals surface area (Å²) in [6.45, 7) is 4.04. The van der Waals surface area contributed by atoms with Crippen LogP contribution in [0.2, 0.25) is 0 Å². The minimum atomic E-state index is -3.75. The van der Waals surface area contributed by atoms with Crippen molar-refractivity contribution in [2.24, 2.45) is 0 Å². The summed E-state index contributed by atoms with van der Waals surface area (Å²) in [6, 6.07) is 16.9. The topological polar surface area (TPSA) is 63.2 Å². The molecule has 7 heteroatoms. The maximum absolute atomic E-state index is 11.6. The van der Waals surface area contributed by atoms with Crippen LogP contribution in [0, 0.1) is 6.92 Å². The van der Waals surface area contributed by atoms with Crippen molar-refractivity contribution in [3.8, 4) is 11.4 Å². The average molecular weight is 400 g/mol. The van der Waals surface area contributed by atoms with Crippen LogP contribution >= 0.6 is 10.7 Å². The molecule has 0 fully saturated rings. The first-order valence-electron chi connectivity index (χ1n) is 8.61.